The van der Waals surface area contributed by atoms with Gasteiger partial charge in [-0.2, -0.15) is 0 Å². The lowest BCUT2D eigenvalue weighted by Crippen LogP contribution is -2.31. The predicted molar refractivity (Wildman–Crippen MR) is 82.3 cm³/mol. The van der Waals surface area contributed by atoms with Crippen LogP contribution in [0.5, 0.6) is 0 Å². The first-order valence-corrected chi connectivity index (χ1v) is 9.06. The van der Waals surface area contributed by atoms with Crippen LogP contribution in [0.15, 0.2) is 18.2 Å². The summed E-state index contributed by atoms with van der Waals surface area (Å²) >= 11 is 5.77. The van der Waals surface area contributed by atoms with Gasteiger partial charge in [0.25, 0.3) is 0 Å². The Labute approximate surface area is 130 Å². The molecule has 1 aromatic carbocycles. The fourth-order valence-electron chi connectivity index (χ4n) is 2.47. The molecule has 0 amide bonds. The molecule has 21 heavy (non-hydrogen) atoms. The monoisotopic (exact) mass is 334 g/mol. The molecule has 1 atom stereocenters. The predicted octanol–water partition coefficient (Wildman–Crippen LogP) is 2.24. The molecule has 7 heteroatoms. The second-order valence-corrected chi connectivity index (χ2v) is 7.89. The van der Waals surface area contributed by atoms with Crippen LogP contribution in [0.4, 0.5) is 4.39 Å². The molecule has 2 rings (SSSR count). The van der Waals surface area contributed by atoms with Gasteiger partial charge in [-0.05, 0) is 43.5 Å². The van der Waals surface area contributed by atoms with E-state index in [0.29, 0.717) is 19.0 Å². The molecule has 4 nitrogen and oxygen atoms in total. The lowest BCUT2D eigenvalue weighted by molar-refractivity contribution is 0.316. The summed E-state index contributed by atoms with van der Waals surface area (Å²) in [6.07, 6.45) is 0.959. The summed E-state index contributed by atoms with van der Waals surface area (Å²) in [6.45, 7) is 4.56. The average Bonchev–Trinajstić information content (AvgIpc) is 2.89. The molecule has 0 spiro atoms. The maximum Gasteiger partial charge on any atom is 0.211 e. The third-order valence-corrected chi connectivity index (χ3v) is 5.39. The average molecular weight is 335 g/mol. The van der Waals surface area contributed by atoms with Crippen molar-refractivity contribution in [1.82, 2.24) is 9.62 Å². The Hall–Kier alpha value is -0.690. The number of nitrogens with zero attached hydrogens (tertiary/aromatic N) is 1. The molecule has 0 bridgehead atoms. The van der Waals surface area contributed by atoms with Gasteiger partial charge in [0.05, 0.1) is 10.8 Å². The standard InChI is InChI=1S/C14H20ClFN2O2S/c1-2-21(19,20)17-8-12-5-6-18(10-12)9-11-3-4-14(16)13(15)7-11/h3-4,7,12,17H,2,5-6,8-10H2,1H3/t12-/m0/s1. The summed E-state index contributed by atoms with van der Waals surface area (Å²) in [5.74, 6) is 0.0215. The van der Waals surface area contributed by atoms with Gasteiger partial charge in [0, 0.05) is 19.6 Å². The molecule has 1 aliphatic heterocycles. The molecule has 118 valence electrons. The minimum atomic E-state index is -3.12. The number of halogens is 2. The molecule has 0 radical (unpaired) electrons. The van der Waals surface area contributed by atoms with E-state index in [1.54, 1.807) is 19.1 Å². The molecule has 1 saturated heterocycles. The van der Waals surface area contributed by atoms with E-state index in [2.05, 4.69) is 9.62 Å². The van der Waals surface area contributed by atoms with E-state index in [0.717, 1.165) is 25.1 Å². The highest BCUT2D eigenvalue weighted by molar-refractivity contribution is 7.89. The van der Waals surface area contributed by atoms with Gasteiger partial charge in [0.2, 0.25) is 10.0 Å². The summed E-state index contributed by atoms with van der Waals surface area (Å²) in [5, 5.41) is 0.138. The van der Waals surface area contributed by atoms with Gasteiger partial charge < -0.3 is 0 Å². The molecule has 1 heterocycles. The molecular formula is C14H20ClFN2O2S. The van der Waals surface area contributed by atoms with Crippen LogP contribution < -0.4 is 4.72 Å². The Morgan fingerprint density at radius 1 is 1.48 bits per heavy atom. The SMILES string of the molecule is CCS(=O)(=O)NC[C@@H]1CCN(Cc2ccc(F)c(Cl)c2)C1. The van der Waals surface area contributed by atoms with E-state index in [9.17, 15) is 12.8 Å². The van der Waals surface area contributed by atoms with Crippen LogP contribution in [0.3, 0.4) is 0 Å². The van der Waals surface area contributed by atoms with Crippen LogP contribution >= 0.6 is 11.6 Å². The highest BCUT2D eigenvalue weighted by Crippen LogP contribution is 2.21. The lowest BCUT2D eigenvalue weighted by atomic mass is 10.1. The summed E-state index contributed by atoms with van der Waals surface area (Å²) < 4.78 is 38.6. The zero-order chi connectivity index (χ0) is 15.5. The fourth-order valence-corrected chi connectivity index (χ4v) is 3.36. The Morgan fingerprint density at radius 2 is 2.24 bits per heavy atom. The molecule has 0 saturated carbocycles. The van der Waals surface area contributed by atoms with Gasteiger partial charge in [0.15, 0.2) is 0 Å². The summed E-state index contributed by atoms with van der Waals surface area (Å²) in [4.78, 5) is 2.23. The van der Waals surface area contributed by atoms with Crippen molar-refractivity contribution in [1.29, 1.82) is 0 Å². The van der Waals surface area contributed by atoms with Gasteiger partial charge in [-0.1, -0.05) is 17.7 Å². The van der Waals surface area contributed by atoms with Crippen LogP contribution in [-0.2, 0) is 16.6 Å². The van der Waals surface area contributed by atoms with Crippen molar-refractivity contribution < 1.29 is 12.8 Å². The molecule has 1 aromatic rings. The number of hydrogen-bond donors (Lipinski definition) is 1. The zero-order valence-electron chi connectivity index (χ0n) is 12.0. The Kier molecular flexibility index (Phi) is 5.60. The van der Waals surface area contributed by atoms with Gasteiger partial charge in [-0.15, -0.1) is 0 Å². The van der Waals surface area contributed by atoms with Gasteiger partial charge >= 0.3 is 0 Å². The van der Waals surface area contributed by atoms with E-state index in [4.69, 9.17) is 11.6 Å². The van der Waals surface area contributed by atoms with Crippen molar-refractivity contribution in [3.8, 4) is 0 Å². The van der Waals surface area contributed by atoms with E-state index in [-0.39, 0.29) is 10.8 Å². The lowest BCUT2D eigenvalue weighted by Gasteiger charge is -2.16. The van der Waals surface area contributed by atoms with Crippen LogP contribution in [0.25, 0.3) is 0 Å². The van der Waals surface area contributed by atoms with Gasteiger partial charge in [0.1, 0.15) is 5.82 Å². The van der Waals surface area contributed by atoms with Crippen LogP contribution in [0.1, 0.15) is 18.9 Å². The van der Waals surface area contributed by atoms with Crippen molar-refractivity contribution >= 4 is 21.6 Å². The quantitative estimate of drug-likeness (QED) is 0.868. The second-order valence-electron chi connectivity index (χ2n) is 5.39. The molecule has 1 aliphatic rings. The van der Waals surface area contributed by atoms with Crippen LogP contribution in [-0.4, -0.2) is 38.7 Å². The van der Waals surface area contributed by atoms with Crippen molar-refractivity contribution in [3.05, 3.63) is 34.6 Å². The van der Waals surface area contributed by atoms with E-state index in [1.165, 1.54) is 6.07 Å². The number of benzene rings is 1. The highest BCUT2D eigenvalue weighted by atomic mass is 35.5. The van der Waals surface area contributed by atoms with Gasteiger partial charge in [-0.25, -0.2) is 17.5 Å². The van der Waals surface area contributed by atoms with E-state index in [1.807, 2.05) is 0 Å². The Bertz CT molecular complexity index is 595. The second kappa shape index (κ2) is 7.05. The minimum absolute atomic E-state index is 0.109. The van der Waals surface area contributed by atoms with E-state index < -0.39 is 15.8 Å². The fraction of sp³-hybridized carbons (Fsp3) is 0.571. The smallest absolute Gasteiger partial charge is 0.211 e. The minimum Gasteiger partial charge on any atom is -0.299 e. The van der Waals surface area contributed by atoms with Crippen LogP contribution in [0.2, 0.25) is 5.02 Å². The normalized spacial score (nSPS) is 20.0. The maximum absolute atomic E-state index is 13.1. The number of rotatable bonds is 6. The Morgan fingerprint density at radius 3 is 2.90 bits per heavy atom. The number of nitrogens with one attached hydrogen (secondary N) is 1. The molecule has 1 fully saturated rings. The number of likely N-dealkylation sites (tertiary alicyclic amines) is 1. The van der Waals surface area contributed by atoms with Crippen molar-refractivity contribution in [3.63, 3.8) is 0 Å². The molecule has 0 unspecified atom stereocenters. The molecule has 0 aromatic heterocycles. The van der Waals surface area contributed by atoms with E-state index >= 15 is 0 Å². The summed E-state index contributed by atoms with van der Waals surface area (Å²) in [5.41, 5.74) is 0.969. The first kappa shape index (κ1) is 16.7. The van der Waals surface area contributed by atoms with Crippen molar-refractivity contribution in [2.45, 2.75) is 19.9 Å². The first-order chi connectivity index (χ1) is 9.89. The number of sulfonamides is 1. The number of hydrogen-bond acceptors (Lipinski definition) is 3. The van der Waals surface area contributed by atoms with Gasteiger partial charge in [-0.3, -0.25) is 4.90 Å². The Balaban J connectivity index is 1.83. The topological polar surface area (TPSA) is 49.4 Å². The maximum atomic E-state index is 13.1. The largest absolute Gasteiger partial charge is 0.299 e. The molecular weight excluding hydrogens is 315 g/mol. The van der Waals surface area contributed by atoms with Crippen LogP contribution in [0, 0.1) is 11.7 Å². The zero-order valence-corrected chi connectivity index (χ0v) is 13.6. The van der Waals surface area contributed by atoms with Crippen molar-refractivity contribution in [2.24, 2.45) is 5.92 Å². The third kappa shape index (κ3) is 4.92. The molecule has 0 aliphatic carbocycles. The van der Waals surface area contributed by atoms with Crippen molar-refractivity contribution in [2.75, 3.05) is 25.4 Å². The summed E-state index contributed by atoms with van der Waals surface area (Å²) in [6, 6.07) is 4.75. The summed E-state index contributed by atoms with van der Waals surface area (Å²) in [7, 11) is -3.12. The first-order valence-electron chi connectivity index (χ1n) is 7.03. The molecule has 1 N–H and O–H groups in total. The third-order valence-electron chi connectivity index (χ3n) is 3.73. The highest BCUT2D eigenvalue weighted by Gasteiger charge is 2.23.